The summed E-state index contributed by atoms with van der Waals surface area (Å²) >= 11 is 1.84. The molecule has 0 bridgehead atoms. The van der Waals surface area contributed by atoms with Crippen LogP contribution >= 0.6 is 11.8 Å². The van der Waals surface area contributed by atoms with Crippen molar-refractivity contribution in [3.63, 3.8) is 0 Å². The van der Waals surface area contributed by atoms with Crippen LogP contribution in [0, 0.1) is 0 Å². The van der Waals surface area contributed by atoms with Crippen LogP contribution in [-0.2, 0) is 0 Å². The second-order valence-electron chi connectivity index (χ2n) is 5.27. The van der Waals surface area contributed by atoms with Crippen molar-refractivity contribution in [3.05, 3.63) is 53.6 Å². The monoisotopic (exact) mass is 313 g/mol. The molecule has 4 rings (SSSR count). The summed E-state index contributed by atoms with van der Waals surface area (Å²) in [4.78, 5) is 13.8. The Morgan fingerprint density at radius 2 is 2.00 bits per heavy atom. The zero-order valence-corrected chi connectivity index (χ0v) is 12.7. The van der Waals surface area contributed by atoms with Crippen LogP contribution in [0.15, 0.2) is 47.4 Å². The van der Waals surface area contributed by atoms with Crippen LogP contribution in [0.25, 0.3) is 0 Å². The summed E-state index contributed by atoms with van der Waals surface area (Å²) in [5.74, 6) is 2.26. The Morgan fingerprint density at radius 3 is 2.95 bits per heavy atom. The second-order valence-corrected chi connectivity index (χ2v) is 6.41. The maximum Gasteiger partial charge on any atom is 0.251 e. The first-order valence-corrected chi connectivity index (χ1v) is 8.22. The minimum Gasteiger partial charge on any atom is -0.454 e. The number of thioether (sulfide) groups is 1. The summed E-state index contributed by atoms with van der Waals surface area (Å²) in [5.41, 5.74) is 1.80. The summed E-state index contributed by atoms with van der Waals surface area (Å²) in [6.45, 7) is 0.216. The third-order valence-corrected chi connectivity index (χ3v) is 5.02. The normalized spacial score (nSPS) is 18.6. The lowest BCUT2D eigenvalue weighted by molar-refractivity contribution is 0.0934. The van der Waals surface area contributed by atoms with Gasteiger partial charge in [0.2, 0.25) is 6.79 Å². The number of nitrogens with one attached hydrogen (secondary N) is 1. The van der Waals surface area contributed by atoms with Gasteiger partial charge in [-0.1, -0.05) is 18.2 Å². The quantitative estimate of drug-likeness (QED) is 0.923. The molecule has 0 radical (unpaired) electrons. The molecule has 1 N–H and O–H groups in total. The number of hydrogen-bond acceptors (Lipinski definition) is 4. The van der Waals surface area contributed by atoms with Crippen LogP contribution in [0.5, 0.6) is 11.5 Å². The fraction of sp³-hybridized carbons (Fsp3) is 0.235. The van der Waals surface area contributed by atoms with Crippen molar-refractivity contribution in [1.82, 2.24) is 5.32 Å². The lowest BCUT2D eigenvalue weighted by Gasteiger charge is -2.25. The van der Waals surface area contributed by atoms with E-state index in [0.717, 1.165) is 12.2 Å². The molecule has 22 heavy (non-hydrogen) atoms. The van der Waals surface area contributed by atoms with E-state index in [4.69, 9.17) is 9.47 Å². The van der Waals surface area contributed by atoms with Crippen LogP contribution in [0.2, 0.25) is 0 Å². The maximum atomic E-state index is 12.5. The highest BCUT2D eigenvalue weighted by Gasteiger charge is 2.23. The Morgan fingerprint density at radius 1 is 1.14 bits per heavy atom. The number of amides is 1. The zero-order valence-electron chi connectivity index (χ0n) is 11.9. The van der Waals surface area contributed by atoms with Gasteiger partial charge in [0.05, 0.1) is 6.04 Å². The number of benzene rings is 2. The van der Waals surface area contributed by atoms with Gasteiger partial charge in [-0.15, -0.1) is 11.8 Å². The second kappa shape index (κ2) is 5.57. The number of ether oxygens (including phenoxy) is 2. The predicted octanol–water partition coefficient (Wildman–Crippen LogP) is 3.38. The van der Waals surface area contributed by atoms with E-state index in [0.29, 0.717) is 17.1 Å². The van der Waals surface area contributed by atoms with Gasteiger partial charge in [-0.2, -0.15) is 0 Å². The van der Waals surface area contributed by atoms with Gasteiger partial charge in [0.15, 0.2) is 11.5 Å². The molecule has 5 heteroatoms. The minimum absolute atomic E-state index is 0.0652. The summed E-state index contributed by atoms with van der Waals surface area (Å²) in [6, 6.07) is 13.6. The van der Waals surface area contributed by atoms with E-state index >= 15 is 0 Å². The third kappa shape index (κ3) is 2.41. The van der Waals surface area contributed by atoms with Crippen LogP contribution in [0.3, 0.4) is 0 Å². The molecule has 1 amide bonds. The van der Waals surface area contributed by atoms with E-state index in [1.54, 1.807) is 18.2 Å². The molecule has 2 aliphatic rings. The number of fused-ring (bicyclic) bond motifs is 2. The van der Waals surface area contributed by atoms with Crippen LogP contribution in [0.1, 0.15) is 28.4 Å². The average molecular weight is 313 g/mol. The van der Waals surface area contributed by atoms with Crippen molar-refractivity contribution in [2.75, 3.05) is 12.5 Å². The Hall–Kier alpha value is -2.14. The van der Waals surface area contributed by atoms with Crippen molar-refractivity contribution in [2.24, 2.45) is 0 Å². The molecule has 4 nitrogen and oxygen atoms in total. The molecule has 2 aromatic rings. The number of hydrogen-bond donors (Lipinski definition) is 1. The van der Waals surface area contributed by atoms with Gasteiger partial charge in [0.25, 0.3) is 5.91 Å². The summed E-state index contributed by atoms with van der Waals surface area (Å²) in [7, 11) is 0. The van der Waals surface area contributed by atoms with Gasteiger partial charge in [-0.05, 0) is 36.2 Å². The van der Waals surface area contributed by atoms with E-state index in [9.17, 15) is 4.79 Å². The van der Waals surface area contributed by atoms with Crippen molar-refractivity contribution < 1.29 is 14.3 Å². The maximum absolute atomic E-state index is 12.5. The van der Waals surface area contributed by atoms with E-state index in [-0.39, 0.29) is 18.7 Å². The molecule has 0 saturated heterocycles. The number of carbonyl (C=O) groups excluding carboxylic acids is 1. The molecular weight excluding hydrogens is 298 g/mol. The zero-order chi connectivity index (χ0) is 14.9. The first-order valence-electron chi connectivity index (χ1n) is 7.23. The Labute approximate surface area is 132 Å². The van der Waals surface area contributed by atoms with E-state index in [1.165, 1.54) is 10.5 Å². The predicted molar refractivity (Wildman–Crippen MR) is 84.6 cm³/mol. The topological polar surface area (TPSA) is 47.6 Å². The fourth-order valence-electron chi connectivity index (χ4n) is 2.77. The van der Waals surface area contributed by atoms with E-state index in [1.807, 2.05) is 23.9 Å². The Kier molecular flexibility index (Phi) is 3.42. The molecule has 112 valence electrons. The highest BCUT2D eigenvalue weighted by molar-refractivity contribution is 7.99. The molecule has 2 aliphatic heterocycles. The smallest absolute Gasteiger partial charge is 0.251 e. The van der Waals surface area contributed by atoms with Crippen molar-refractivity contribution in [2.45, 2.75) is 17.4 Å². The largest absolute Gasteiger partial charge is 0.454 e. The minimum atomic E-state index is -0.0787. The van der Waals surface area contributed by atoms with Crippen molar-refractivity contribution >= 4 is 17.7 Å². The number of rotatable bonds is 2. The SMILES string of the molecule is O=C(NC1CCSc2ccccc21)c1ccc2c(c1)OCO2. The first-order chi connectivity index (χ1) is 10.8. The Balaban J connectivity index is 1.55. The first kappa shape index (κ1) is 13.5. The summed E-state index contributed by atoms with van der Waals surface area (Å²) < 4.78 is 10.6. The van der Waals surface area contributed by atoms with Crippen LogP contribution in [-0.4, -0.2) is 18.5 Å². The van der Waals surface area contributed by atoms with Gasteiger partial charge in [-0.3, -0.25) is 4.79 Å². The molecule has 1 unspecified atom stereocenters. The molecule has 0 aromatic heterocycles. The molecule has 0 saturated carbocycles. The van der Waals surface area contributed by atoms with Crippen LogP contribution < -0.4 is 14.8 Å². The van der Waals surface area contributed by atoms with Crippen molar-refractivity contribution in [1.29, 1.82) is 0 Å². The van der Waals surface area contributed by atoms with Gasteiger partial charge < -0.3 is 14.8 Å². The highest BCUT2D eigenvalue weighted by atomic mass is 32.2. The lowest BCUT2D eigenvalue weighted by Crippen LogP contribution is -2.30. The molecular formula is C17H15NO3S. The van der Waals surface area contributed by atoms with Gasteiger partial charge in [0, 0.05) is 16.2 Å². The molecule has 0 fully saturated rings. The summed E-state index contributed by atoms with van der Waals surface area (Å²) in [6.07, 6.45) is 0.942. The van der Waals surface area contributed by atoms with E-state index < -0.39 is 0 Å². The standard InChI is InChI=1S/C17H15NO3S/c19-17(11-5-6-14-15(9-11)21-10-20-14)18-13-7-8-22-16-4-2-1-3-12(13)16/h1-6,9,13H,7-8,10H2,(H,18,19). The van der Waals surface area contributed by atoms with Crippen LogP contribution in [0.4, 0.5) is 0 Å². The van der Waals surface area contributed by atoms with Crippen molar-refractivity contribution in [3.8, 4) is 11.5 Å². The number of carbonyl (C=O) groups is 1. The highest BCUT2D eigenvalue weighted by Crippen LogP contribution is 2.36. The van der Waals surface area contributed by atoms with E-state index in [2.05, 4.69) is 17.4 Å². The molecule has 0 spiro atoms. The summed E-state index contributed by atoms with van der Waals surface area (Å²) in [5, 5.41) is 3.13. The Bertz CT molecular complexity index is 732. The average Bonchev–Trinajstić information content (AvgIpc) is 3.02. The van der Waals surface area contributed by atoms with Gasteiger partial charge in [0.1, 0.15) is 0 Å². The molecule has 2 aromatic carbocycles. The molecule has 2 heterocycles. The lowest BCUT2D eigenvalue weighted by atomic mass is 10.0. The fourth-order valence-corrected chi connectivity index (χ4v) is 3.90. The molecule has 0 aliphatic carbocycles. The molecule has 1 atom stereocenters. The third-order valence-electron chi connectivity index (χ3n) is 3.90. The van der Waals surface area contributed by atoms with Gasteiger partial charge in [-0.25, -0.2) is 0 Å². The van der Waals surface area contributed by atoms with Gasteiger partial charge >= 0.3 is 0 Å².